The second kappa shape index (κ2) is 6.84. The van der Waals surface area contributed by atoms with Gasteiger partial charge in [-0.1, -0.05) is 41.4 Å². The van der Waals surface area contributed by atoms with E-state index in [1.165, 1.54) is 0 Å². The molecule has 4 aromatic carbocycles. The smallest absolute Gasteiger partial charge is 0.227 e. The van der Waals surface area contributed by atoms with Crippen molar-refractivity contribution in [2.75, 3.05) is 0 Å². The van der Waals surface area contributed by atoms with Crippen molar-refractivity contribution in [1.82, 2.24) is 9.97 Å². The van der Waals surface area contributed by atoms with Crippen molar-refractivity contribution in [3.05, 3.63) is 82.3 Å². The zero-order valence-corrected chi connectivity index (χ0v) is 17.8. The van der Waals surface area contributed by atoms with Crippen LogP contribution in [0.4, 0.5) is 0 Å². The molecular weight excluding hydrogens is 431 g/mol. The number of halogens is 2. The fourth-order valence-electron chi connectivity index (χ4n) is 3.85. The van der Waals surface area contributed by atoms with E-state index in [1.54, 1.807) is 0 Å². The van der Waals surface area contributed by atoms with Crippen LogP contribution in [0.15, 0.2) is 75.6 Å². The van der Waals surface area contributed by atoms with Crippen LogP contribution in [0, 0.1) is 6.92 Å². The van der Waals surface area contributed by atoms with Crippen molar-refractivity contribution in [1.29, 1.82) is 0 Å². The van der Waals surface area contributed by atoms with Gasteiger partial charge in [-0.05, 0) is 71.8 Å². The molecule has 0 aliphatic carbocycles. The summed E-state index contributed by atoms with van der Waals surface area (Å²) in [6, 6.07) is 21.2. The minimum atomic E-state index is 0.455. The van der Waals surface area contributed by atoms with Crippen molar-refractivity contribution in [3.63, 3.8) is 0 Å². The molecule has 0 fully saturated rings. The number of aryl methyl sites for hydroxylation is 1. The monoisotopic (exact) mass is 444 g/mol. The van der Waals surface area contributed by atoms with Gasteiger partial charge in [0.25, 0.3) is 0 Å². The summed E-state index contributed by atoms with van der Waals surface area (Å²) in [6.07, 6.45) is 0. The lowest BCUT2D eigenvalue weighted by molar-refractivity contribution is 0.618. The third kappa shape index (κ3) is 2.99. The maximum Gasteiger partial charge on any atom is 0.227 e. The average molecular weight is 445 g/mol. The van der Waals surface area contributed by atoms with E-state index in [0.29, 0.717) is 21.8 Å². The SMILES string of the molecule is Cc1ccc2nc(-c3ccc(-c4nc5ccccc5o4)c4cc(Cl)c(Cl)cc34)oc2c1. The molecule has 0 aliphatic heterocycles. The summed E-state index contributed by atoms with van der Waals surface area (Å²) < 4.78 is 12.1. The quantitative estimate of drug-likeness (QED) is 0.270. The Labute approximate surface area is 187 Å². The summed E-state index contributed by atoms with van der Waals surface area (Å²) in [5.74, 6) is 1.04. The molecular formula is C25H14Cl2N2O2. The first kappa shape index (κ1) is 18.4. The van der Waals surface area contributed by atoms with Gasteiger partial charge < -0.3 is 8.83 Å². The zero-order chi connectivity index (χ0) is 21.1. The maximum absolute atomic E-state index is 6.39. The molecule has 6 heteroatoms. The molecule has 0 bridgehead atoms. The minimum Gasteiger partial charge on any atom is -0.436 e. The summed E-state index contributed by atoms with van der Waals surface area (Å²) in [4.78, 5) is 9.33. The molecule has 0 unspecified atom stereocenters. The van der Waals surface area contributed by atoms with Gasteiger partial charge in [0.05, 0.1) is 10.0 Å². The number of nitrogens with zero attached hydrogens (tertiary/aromatic N) is 2. The number of fused-ring (bicyclic) bond motifs is 3. The lowest BCUT2D eigenvalue weighted by atomic mass is 9.99. The lowest BCUT2D eigenvalue weighted by Gasteiger charge is -2.09. The second-order valence-electron chi connectivity index (χ2n) is 7.45. The van der Waals surface area contributed by atoms with Gasteiger partial charge >= 0.3 is 0 Å². The molecule has 31 heavy (non-hydrogen) atoms. The minimum absolute atomic E-state index is 0.455. The summed E-state index contributed by atoms with van der Waals surface area (Å²) in [7, 11) is 0. The summed E-state index contributed by atoms with van der Waals surface area (Å²) in [5, 5.41) is 2.63. The molecule has 0 atom stereocenters. The van der Waals surface area contributed by atoms with Crippen LogP contribution in [0.2, 0.25) is 10.0 Å². The van der Waals surface area contributed by atoms with Crippen LogP contribution in [0.5, 0.6) is 0 Å². The molecule has 0 saturated heterocycles. The highest BCUT2D eigenvalue weighted by atomic mass is 35.5. The molecule has 4 nitrogen and oxygen atoms in total. The number of hydrogen-bond donors (Lipinski definition) is 0. The van der Waals surface area contributed by atoms with Crippen molar-refractivity contribution in [2.24, 2.45) is 0 Å². The Bertz CT molecular complexity index is 1600. The predicted molar refractivity (Wildman–Crippen MR) is 125 cm³/mol. The molecule has 0 aliphatic rings. The largest absolute Gasteiger partial charge is 0.436 e. The summed E-state index contributed by atoms with van der Waals surface area (Å²) >= 11 is 12.8. The van der Waals surface area contributed by atoms with Gasteiger partial charge in [0.2, 0.25) is 11.8 Å². The van der Waals surface area contributed by atoms with Crippen LogP contribution < -0.4 is 0 Å². The highest BCUT2D eigenvalue weighted by Crippen LogP contribution is 2.40. The van der Waals surface area contributed by atoms with Gasteiger partial charge in [-0.25, -0.2) is 9.97 Å². The fraction of sp³-hybridized carbons (Fsp3) is 0.0400. The van der Waals surface area contributed by atoms with Crippen LogP contribution in [0.3, 0.4) is 0 Å². The first-order valence-electron chi connectivity index (χ1n) is 9.72. The maximum atomic E-state index is 6.39. The van der Waals surface area contributed by atoms with Crippen LogP contribution in [-0.2, 0) is 0 Å². The Morgan fingerprint density at radius 2 is 1.23 bits per heavy atom. The van der Waals surface area contributed by atoms with Gasteiger partial charge in [-0.15, -0.1) is 0 Å². The third-order valence-electron chi connectivity index (χ3n) is 5.36. The number of para-hydroxylation sites is 2. The van der Waals surface area contributed by atoms with Crippen molar-refractivity contribution >= 4 is 56.2 Å². The molecule has 0 amide bonds. The van der Waals surface area contributed by atoms with E-state index in [2.05, 4.69) is 9.97 Å². The summed E-state index contributed by atoms with van der Waals surface area (Å²) in [6.45, 7) is 2.02. The van der Waals surface area contributed by atoms with Crippen LogP contribution >= 0.6 is 23.2 Å². The van der Waals surface area contributed by atoms with E-state index >= 15 is 0 Å². The fourth-order valence-corrected chi connectivity index (χ4v) is 4.17. The Morgan fingerprint density at radius 3 is 1.87 bits per heavy atom. The van der Waals surface area contributed by atoms with Crippen LogP contribution in [-0.4, -0.2) is 9.97 Å². The van der Waals surface area contributed by atoms with Gasteiger partial charge in [-0.2, -0.15) is 0 Å². The highest BCUT2D eigenvalue weighted by Gasteiger charge is 2.18. The number of aromatic nitrogens is 2. The third-order valence-corrected chi connectivity index (χ3v) is 6.08. The molecule has 0 saturated carbocycles. The molecule has 2 aromatic heterocycles. The van der Waals surface area contributed by atoms with E-state index < -0.39 is 0 Å². The Balaban J connectivity index is 1.63. The number of rotatable bonds is 2. The van der Waals surface area contributed by atoms with Crippen molar-refractivity contribution in [2.45, 2.75) is 6.92 Å². The Morgan fingerprint density at radius 1 is 0.645 bits per heavy atom. The lowest BCUT2D eigenvalue weighted by Crippen LogP contribution is -1.87. The average Bonchev–Trinajstić information content (AvgIpc) is 3.37. The van der Waals surface area contributed by atoms with Gasteiger partial charge in [0, 0.05) is 11.1 Å². The van der Waals surface area contributed by atoms with Gasteiger partial charge in [-0.3, -0.25) is 0 Å². The van der Waals surface area contributed by atoms with Gasteiger partial charge in [0.1, 0.15) is 11.0 Å². The first-order chi connectivity index (χ1) is 15.1. The van der Waals surface area contributed by atoms with Gasteiger partial charge in [0.15, 0.2) is 11.2 Å². The molecule has 6 aromatic rings. The van der Waals surface area contributed by atoms with Crippen molar-refractivity contribution < 1.29 is 8.83 Å². The molecule has 150 valence electrons. The number of oxazole rings is 2. The zero-order valence-electron chi connectivity index (χ0n) is 16.3. The molecule has 0 spiro atoms. The first-order valence-corrected chi connectivity index (χ1v) is 10.5. The van der Waals surface area contributed by atoms with Crippen LogP contribution in [0.1, 0.15) is 5.56 Å². The van der Waals surface area contributed by atoms with E-state index in [1.807, 2.05) is 73.7 Å². The van der Waals surface area contributed by atoms with Crippen molar-refractivity contribution in [3.8, 4) is 22.9 Å². The van der Waals surface area contributed by atoms with E-state index in [0.717, 1.165) is 49.7 Å². The Hall–Kier alpha value is -3.34. The molecule has 0 radical (unpaired) electrons. The van der Waals surface area contributed by atoms with E-state index in [4.69, 9.17) is 32.0 Å². The number of hydrogen-bond acceptors (Lipinski definition) is 4. The predicted octanol–water partition coefficient (Wildman–Crippen LogP) is 8.07. The number of benzene rings is 4. The molecule has 2 heterocycles. The highest BCUT2D eigenvalue weighted by molar-refractivity contribution is 6.43. The second-order valence-corrected chi connectivity index (χ2v) is 8.26. The standard InChI is InChI=1S/C25H14Cl2N2O2/c1-13-6-9-21-23(10-13)31-25(29-21)15-8-7-14(16-11-18(26)19(27)12-17(15)16)24-28-20-4-2-3-5-22(20)30-24/h2-12H,1H3. The Kier molecular flexibility index (Phi) is 4.07. The van der Waals surface area contributed by atoms with Crippen LogP contribution in [0.25, 0.3) is 55.9 Å². The molecule has 0 N–H and O–H groups in total. The topological polar surface area (TPSA) is 52.1 Å². The van der Waals surface area contributed by atoms with E-state index in [-0.39, 0.29) is 0 Å². The summed E-state index contributed by atoms with van der Waals surface area (Å²) in [5.41, 5.74) is 5.82. The van der Waals surface area contributed by atoms with E-state index in [9.17, 15) is 0 Å². The molecule has 6 rings (SSSR count). The normalized spacial score (nSPS) is 11.7.